The van der Waals surface area contributed by atoms with E-state index in [9.17, 15) is 13.2 Å². The van der Waals surface area contributed by atoms with Gasteiger partial charge in [0.25, 0.3) is 0 Å². The molecule has 2 N–H and O–H groups in total. The molecule has 0 spiro atoms. The summed E-state index contributed by atoms with van der Waals surface area (Å²) in [5.41, 5.74) is 0. The van der Waals surface area contributed by atoms with E-state index in [1.165, 1.54) is 0 Å². The van der Waals surface area contributed by atoms with Crippen LogP contribution in [0.2, 0.25) is 0 Å². The first-order valence-electron chi connectivity index (χ1n) is 4.82. The fourth-order valence-electron chi connectivity index (χ4n) is 1.60. The molecule has 1 aliphatic carbocycles. The molecule has 0 radical (unpaired) electrons. The number of carbonyl (C=O) groups is 1. The maximum Gasteiger partial charge on any atom is 0.310 e. The van der Waals surface area contributed by atoms with E-state index in [1.54, 1.807) is 0 Å². The molecule has 86 valence electrons. The van der Waals surface area contributed by atoms with Crippen molar-refractivity contribution in [3.63, 3.8) is 0 Å². The summed E-state index contributed by atoms with van der Waals surface area (Å²) in [5.74, 6) is -1.78. The van der Waals surface area contributed by atoms with Gasteiger partial charge in [-0.25, -0.2) is 13.1 Å². The highest BCUT2D eigenvalue weighted by Crippen LogP contribution is 2.28. The summed E-state index contributed by atoms with van der Waals surface area (Å²) in [6, 6.07) is -0.618. The second-order valence-electron chi connectivity index (χ2n) is 3.95. The smallest absolute Gasteiger partial charge is 0.310 e. The lowest BCUT2D eigenvalue weighted by molar-refractivity contribution is -0.142. The normalized spacial score (nSPS) is 31.7. The zero-order valence-electron chi connectivity index (χ0n) is 8.05. The minimum Gasteiger partial charge on any atom is -0.481 e. The number of hydrogen-bond donors (Lipinski definition) is 2. The van der Waals surface area contributed by atoms with Crippen LogP contribution in [0.1, 0.15) is 12.8 Å². The fourth-order valence-corrected chi connectivity index (χ4v) is 3.20. The van der Waals surface area contributed by atoms with Crippen molar-refractivity contribution in [1.82, 2.24) is 4.72 Å². The number of aliphatic carboxylic acids is 1. The molecule has 0 aromatic rings. The van der Waals surface area contributed by atoms with Crippen molar-refractivity contribution in [2.45, 2.75) is 24.1 Å². The highest BCUT2D eigenvalue weighted by Gasteiger charge is 2.42. The Labute approximate surface area is 87.7 Å². The van der Waals surface area contributed by atoms with E-state index in [-0.39, 0.29) is 18.5 Å². The molecule has 2 rings (SSSR count). The van der Waals surface area contributed by atoms with Gasteiger partial charge in [0, 0.05) is 0 Å². The Morgan fingerprint density at radius 3 is 2.53 bits per heavy atom. The molecular weight excluding hydrogens is 222 g/mol. The topological polar surface area (TPSA) is 92.7 Å². The second kappa shape index (κ2) is 3.73. The summed E-state index contributed by atoms with van der Waals surface area (Å²) in [5, 5.41) is 8.49. The lowest BCUT2D eigenvalue weighted by Crippen LogP contribution is -2.43. The molecule has 1 saturated carbocycles. The number of ether oxygens (including phenoxy) is 1. The summed E-state index contributed by atoms with van der Waals surface area (Å²) >= 11 is 0. The number of sulfonamides is 1. The van der Waals surface area contributed by atoms with Crippen LogP contribution < -0.4 is 4.72 Å². The Morgan fingerprint density at radius 2 is 2.00 bits per heavy atom. The molecule has 1 saturated heterocycles. The van der Waals surface area contributed by atoms with Gasteiger partial charge in [-0.15, -0.1) is 0 Å². The number of hydrogen-bond acceptors (Lipinski definition) is 4. The van der Waals surface area contributed by atoms with Crippen LogP contribution in [0.5, 0.6) is 0 Å². The lowest BCUT2D eigenvalue weighted by Gasteiger charge is -2.15. The molecule has 0 aromatic heterocycles. The molecule has 0 bridgehead atoms. The molecule has 0 aromatic carbocycles. The van der Waals surface area contributed by atoms with E-state index in [0.29, 0.717) is 12.8 Å². The maximum atomic E-state index is 11.6. The van der Waals surface area contributed by atoms with Crippen LogP contribution in [-0.2, 0) is 19.6 Å². The van der Waals surface area contributed by atoms with Gasteiger partial charge < -0.3 is 9.84 Å². The minimum atomic E-state index is -3.33. The number of carboxylic acids is 1. The Morgan fingerprint density at radius 1 is 1.33 bits per heavy atom. The molecule has 0 amide bonds. The molecular formula is C8H13NO5S. The Balaban J connectivity index is 2.01. The molecule has 15 heavy (non-hydrogen) atoms. The summed E-state index contributed by atoms with van der Waals surface area (Å²) in [6.07, 6.45) is 1.33. The second-order valence-corrected chi connectivity index (χ2v) is 5.94. The van der Waals surface area contributed by atoms with Gasteiger partial charge in [-0.3, -0.25) is 4.79 Å². The average molecular weight is 235 g/mol. The van der Waals surface area contributed by atoms with Gasteiger partial charge in [-0.1, -0.05) is 0 Å². The molecule has 2 unspecified atom stereocenters. The molecule has 7 heteroatoms. The highest BCUT2D eigenvalue weighted by atomic mass is 32.2. The van der Waals surface area contributed by atoms with Crippen molar-refractivity contribution in [2.24, 2.45) is 5.92 Å². The highest BCUT2D eigenvalue weighted by molar-refractivity contribution is 7.90. The van der Waals surface area contributed by atoms with E-state index in [2.05, 4.69) is 4.72 Å². The van der Waals surface area contributed by atoms with E-state index < -0.39 is 28.0 Å². The first-order valence-corrected chi connectivity index (χ1v) is 6.37. The third-order valence-electron chi connectivity index (χ3n) is 2.68. The molecule has 6 nitrogen and oxygen atoms in total. The van der Waals surface area contributed by atoms with Gasteiger partial charge >= 0.3 is 5.97 Å². The quantitative estimate of drug-likeness (QED) is 0.663. The van der Waals surface area contributed by atoms with Crippen molar-refractivity contribution in [2.75, 3.05) is 13.2 Å². The average Bonchev–Trinajstić information content (AvgIpc) is 2.88. The third-order valence-corrected chi connectivity index (χ3v) is 4.66. The third kappa shape index (κ3) is 2.30. The van der Waals surface area contributed by atoms with Crippen molar-refractivity contribution in [3.05, 3.63) is 0 Å². The number of nitrogens with one attached hydrogen (secondary N) is 1. The van der Waals surface area contributed by atoms with Crippen LogP contribution in [0.25, 0.3) is 0 Å². The Kier molecular flexibility index (Phi) is 2.70. The maximum absolute atomic E-state index is 11.6. The number of carboxylic acid groups (broad SMARTS) is 1. The van der Waals surface area contributed by atoms with Gasteiger partial charge in [0.05, 0.1) is 30.4 Å². The van der Waals surface area contributed by atoms with Crippen molar-refractivity contribution < 1.29 is 23.1 Å². The van der Waals surface area contributed by atoms with Crippen LogP contribution in [0.15, 0.2) is 0 Å². The number of rotatable bonds is 4. The van der Waals surface area contributed by atoms with Gasteiger partial charge in [-0.2, -0.15) is 0 Å². The van der Waals surface area contributed by atoms with Crippen LogP contribution in [0.4, 0.5) is 0 Å². The molecule has 2 aliphatic rings. The summed E-state index contributed by atoms with van der Waals surface area (Å²) in [7, 11) is -3.33. The molecule has 1 aliphatic heterocycles. The monoisotopic (exact) mass is 235 g/mol. The SMILES string of the molecule is O=C(O)C1COCC1NS(=O)(=O)C1CC1. The van der Waals surface area contributed by atoms with E-state index in [4.69, 9.17) is 9.84 Å². The van der Waals surface area contributed by atoms with Gasteiger partial charge in [0.1, 0.15) is 0 Å². The van der Waals surface area contributed by atoms with Crippen LogP contribution in [0.3, 0.4) is 0 Å². The fraction of sp³-hybridized carbons (Fsp3) is 0.875. The Hall–Kier alpha value is -0.660. The van der Waals surface area contributed by atoms with E-state index in [0.717, 1.165) is 0 Å². The van der Waals surface area contributed by atoms with E-state index in [1.807, 2.05) is 0 Å². The molecule has 1 heterocycles. The van der Waals surface area contributed by atoms with Crippen molar-refractivity contribution in [3.8, 4) is 0 Å². The summed E-state index contributed by atoms with van der Waals surface area (Å²) in [6.45, 7) is 0.218. The summed E-state index contributed by atoms with van der Waals surface area (Å²) in [4.78, 5) is 10.8. The minimum absolute atomic E-state index is 0.0766. The van der Waals surface area contributed by atoms with Crippen molar-refractivity contribution >= 4 is 16.0 Å². The zero-order chi connectivity index (χ0) is 11.1. The van der Waals surface area contributed by atoms with Gasteiger partial charge in [0.15, 0.2) is 0 Å². The van der Waals surface area contributed by atoms with Crippen molar-refractivity contribution in [1.29, 1.82) is 0 Å². The molecule has 2 atom stereocenters. The van der Waals surface area contributed by atoms with Gasteiger partial charge in [0.2, 0.25) is 10.0 Å². The predicted molar refractivity (Wildman–Crippen MR) is 50.8 cm³/mol. The zero-order valence-corrected chi connectivity index (χ0v) is 8.87. The first-order chi connectivity index (χ1) is 7.00. The van der Waals surface area contributed by atoms with Gasteiger partial charge in [-0.05, 0) is 12.8 Å². The van der Waals surface area contributed by atoms with Crippen LogP contribution >= 0.6 is 0 Å². The predicted octanol–water partition coefficient (Wildman–Crippen LogP) is -0.832. The van der Waals surface area contributed by atoms with Crippen LogP contribution in [-0.4, -0.2) is 44.0 Å². The molecule has 2 fully saturated rings. The Bertz CT molecular complexity index is 361. The van der Waals surface area contributed by atoms with Crippen LogP contribution in [0, 0.1) is 5.92 Å². The largest absolute Gasteiger partial charge is 0.481 e. The van der Waals surface area contributed by atoms with E-state index >= 15 is 0 Å². The first kappa shape index (κ1) is 10.8. The lowest BCUT2D eigenvalue weighted by atomic mass is 10.1. The standard InChI is InChI=1S/C8H13NO5S/c10-8(11)6-3-14-4-7(6)9-15(12,13)5-1-2-5/h5-7,9H,1-4H2,(H,10,11). The summed E-state index contributed by atoms with van der Waals surface area (Å²) < 4.78 is 30.5.